The van der Waals surface area contributed by atoms with Crippen LogP contribution in [-0.4, -0.2) is 35.2 Å². The van der Waals surface area contributed by atoms with E-state index in [2.05, 4.69) is 0 Å². The Morgan fingerprint density at radius 2 is 1.44 bits per heavy atom. The molecule has 2 aromatic carbocycles. The number of Topliss-reactive ketones (excluding diaryl/α,β-unsaturated/α-hetero) is 1. The highest BCUT2D eigenvalue weighted by Gasteiger charge is 2.43. The molecule has 1 aliphatic rings. The Kier molecular flexibility index (Phi) is 6.80. The van der Waals surface area contributed by atoms with Gasteiger partial charge in [-0.15, -0.1) is 0 Å². The van der Waals surface area contributed by atoms with Gasteiger partial charge in [0.1, 0.15) is 23.2 Å². The first-order valence-corrected chi connectivity index (χ1v) is 11.1. The standard InChI is InChI=1S/C26H27F5N2O3/c1-24(2,3)15-9-13(10-16(25(4,5)6)21(15)36-23(35)26(29,30)31)19(34)12-33-11-14-17(27)7-8-18(28)20(14)22(33)32/h7-10,32H,11-12H2,1-6H3. The molecule has 0 saturated carbocycles. The van der Waals surface area contributed by atoms with Crippen molar-refractivity contribution in [1.82, 2.24) is 4.90 Å². The lowest BCUT2D eigenvalue weighted by Crippen LogP contribution is -2.32. The third-order valence-electron chi connectivity index (χ3n) is 5.89. The lowest BCUT2D eigenvalue weighted by Gasteiger charge is -2.30. The minimum absolute atomic E-state index is 0.0204. The van der Waals surface area contributed by atoms with Gasteiger partial charge in [0.25, 0.3) is 0 Å². The topological polar surface area (TPSA) is 70.5 Å². The van der Waals surface area contributed by atoms with Gasteiger partial charge >= 0.3 is 12.1 Å². The number of nitrogens with one attached hydrogen (secondary N) is 1. The summed E-state index contributed by atoms with van der Waals surface area (Å²) < 4.78 is 72.3. The monoisotopic (exact) mass is 510 g/mol. The number of hydrogen-bond donors (Lipinski definition) is 1. The molecule has 0 fully saturated rings. The molecule has 3 rings (SSSR count). The maximum atomic E-state index is 14.2. The van der Waals surface area contributed by atoms with Crippen molar-refractivity contribution in [3.8, 4) is 5.75 Å². The van der Waals surface area contributed by atoms with Crippen molar-refractivity contribution in [3.05, 3.63) is 63.7 Å². The number of carbonyl (C=O) groups is 2. The first-order chi connectivity index (χ1) is 16.3. The van der Waals surface area contributed by atoms with Crippen LogP contribution in [0.4, 0.5) is 22.0 Å². The van der Waals surface area contributed by atoms with E-state index in [0.717, 1.165) is 12.1 Å². The first kappa shape index (κ1) is 27.3. The number of carbonyl (C=O) groups excluding carboxylic acids is 2. The maximum Gasteiger partial charge on any atom is 0.491 e. The fourth-order valence-corrected chi connectivity index (χ4v) is 4.00. The summed E-state index contributed by atoms with van der Waals surface area (Å²) in [6, 6.07) is 4.61. The van der Waals surface area contributed by atoms with Crippen LogP contribution in [0.2, 0.25) is 0 Å². The highest BCUT2D eigenvalue weighted by molar-refractivity contribution is 6.05. The second-order valence-electron chi connectivity index (χ2n) is 10.8. The summed E-state index contributed by atoms with van der Waals surface area (Å²) in [6.07, 6.45) is -5.21. The van der Waals surface area contributed by atoms with E-state index in [9.17, 15) is 31.5 Å². The van der Waals surface area contributed by atoms with Crippen molar-refractivity contribution in [3.63, 3.8) is 0 Å². The van der Waals surface area contributed by atoms with E-state index in [1.807, 2.05) is 0 Å². The summed E-state index contributed by atoms with van der Waals surface area (Å²) in [4.78, 5) is 26.3. The molecule has 0 atom stereocenters. The number of ether oxygens (including phenoxy) is 1. The molecular weight excluding hydrogens is 483 g/mol. The molecule has 5 nitrogen and oxygen atoms in total. The van der Waals surface area contributed by atoms with Gasteiger partial charge in [-0.05, 0) is 35.1 Å². The average Bonchev–Trinajstić information content (AvgIpc) is 3.05. The lowest BCUT2D eigenvalue weighted by atomic mass is 9.78. The summed E-state index contributed by atoms with van der Waals surface area (Å²) >= 11 is 0. The van der Waals surface area contributed by atoms with Crippen molar-refractivity contribution in [1.29, 1.82) is 5.41 Å². The number of amidine groups is 1. The molecule has 0 amide bonds. The fourth-order valence-electron chi connectivity index (χ4n) is 4.00. The fraction of sp³-hybridized carbons (Fsp3) is 0.423. The summed E-state index contributed by atoms with van der Waals surface area (Å²) in [7, 11) is 0. The molecule has 0 aliphatic carbocycles. The van der Waals surface area contributed by atoms with E-state index < -0.39 is 40.4 Å². The van der Waals surface area contributed by atoms with Crippen LogP contribution in [0.5, 0.6) is 5.75 Å². The molecule has 2 aromatic rings. The van der Waals surface area contributed by atoms with E-state index in [4.69, 9.17) is 10.1 Å². The van der Waals surface area contributed by atoms with Crippen LogP contribution < -0.4 is 4.74 Å². The van der Waals surface area contributed by atoms with E-state index >= 15 is 0 Å². The van der Waals surface area contributed by atoms with Crippen LogP contribution in [-0.2, 0) is 22.2 Å². The van der Waals surface area contributed by atoms with Crippen LogP contribution >= 0.6 is 0 Å². The molecular formula is C26H27F5N2O3. The van der Waals surface area contributed by atoms with Gasteiger partial charge in [0.2, 0.25) is 0 Å². The van der Waals surface area contributed by atoms with E-state index in [1.54, 1.807) is 41.5 Å². The summed E-state index contributed by atoms with van der Waals surface area (Å²) in [5, 5.41) is 8.24. The Morgan fingerprint density at radius 1 is 0.944 bits per heavy atom. The normalized spacial score (nSPS) is 14.2. The molecule has 1 N–H and O–H groups in total. The smallest absolute Gasteiger partial charge is 0.419 e. The minimum Gasteiger partial charge on any atom is -0.419 e. The predicted octanol–water partition coefficient (Wildman–Crippen LogP) is 6.05. The second kappa shape index (κ2) is 8.97. The van der Waals surface area contributed by atoms with Gasteiger partial charge in [0.15, 0.2) is 5.78 Å². The summed E-state index contributed by atoms with van der Waals surface area (Å²) in [5.41, 5.74) is -1.32. The average molecular weight is 511 g/mol. The quantitative estimate of drug-likeness (QED) is 0.235. The summed E-state index contributed by atoms with van der Waals surface area (Å²) in [5.74, 6) is -4.94. The zero-order valence-corrected chi connectivity index (χ0v) is 20.8. The lowest BCUT2D eigenvalue weighted by molar-refractivity contribution is -0.189. The van der Waals surface area contributed by atoms with Crippen LogP contribution in [0.25, 0.3) is 0 Å². The minimum atomic E-state index is -5.21. The molecule has 0 unspecified atom stereocenters. The predicted molar refractivity (Wildman–Crippen MR) is 123 cm³/mol. The zero-order valence-electron chi connectivity index (χ0n) is 20.8. The third-order valence-corrected chi connectivity index (χ3v) is 5.89. The zero-order chi connectivity index (χ0) is 27.4. The van der Waals surface area contributed by atoms with Gasteiger partial charge in [-0.1, -0.05) is 41.5 Å². The van der Waals surface area contributed by atoms with Gasteiger partial charge in [-0.25, -0.2) is 13.6 Å². The van der Waals surface area contributed by atoms with Gasteiger partial charge in [0, 0.05) is 28.8 Å². The van der Waals surface area contributed by atoms with Crippen LogP contribution in [0.1, 0.15) is 74.2 Å². The number of rotatable bonds is 4. The molecule has 0 spiro atoms. The van der Waals surface area contributed by atoms with E-state index in [1.165, 1.54) is 17.0 Å². The van der Waals surface area contributed by atoms with Crippen molar-refractivity contribution in [2.24, 2.45) is 0 Å². The molecule has 194 valence electrons. The van der Waals surface area contributed by atoms with Crippen molar-refractivity contribution >= 4 is 17.6 Å². The maximum absolute atomic E-state index is 14.2. The number of hydrogen-bond acceptors (Lipinski definition) is 4. The molecule has 0 bridgehead atoms. The van der Waals surface area contributed by atoms with Crippen LogP contribution in [0.3, 0.4) is 0 Å². The van der Waals surface area contributed by atoms with E-state index in [0.29, 0.717) is 0 Å². The highest BCUT2D eigenvalue weighted by atomic mass is 19.4. The molecule has 1 aliphatic heterocycles. The SMILES string of the molecule is CC(C)(C)c1cc(C(=O)CN2Cc3c(F)ccc(F)c3C2=N)cc(C(C)(C)C)c1OC(=O)C(F)(F)F. The van der Waals surface area contributed by atoms with Gasteiger partial charge in [-0.2, -0.15) is 13.2 Å². The Labute approximate surface area is 205 Å². The Morgan fingerprint density at radius 3 is 1.89 bits per heavy atom. The molecule has 10 heteroatoms. The largest absolute Gasteiger partial charge is 0.491 e. The Hall–Kier alpha value is -3.30. The molecule has 1 heterocycles. The number of esters is 1. The Balaban J connectivity index is 2.06. The van der Waals surface area contributed by atoms with E-state index in [-0.39, 0.29) is 52.5 Å². The van der Waals surface area contributed by atoms with Crippen molar-refractivity contribution < 1.29 is 36.3 Å². The molecule has 0 radical (unpaired) electrons. The number of alkyl halides is 3. The van der Waals surface area contributed by atoms with Crippen molar-refractivity contribution in [2.45, 2.75) is 65.1 Å². The number of nitrogens with zero attached hydrogens (tertiary/aromatic N) is 1. The number of benzene rings is 2. The second-order valence-corrected chi connectivity index (χ2v) is 10.8. The van der Waals surface area contributed by atoms with Crippen molar-refractivity contribution in [2.75, 3.05) is 6.54 Å². The van der Waals surface area contributed by atoms with Crippen LogP contribution in [0, 0.1) is 17.0 Å². The third kappa shape index (κ3) is 5.27. The molecule has 36 heavy (non-hydrogen) atoms. The van der Waals surface area contributed by atoms with Gasteiger partial charge < -0.3 is 9.64 Å². The highest BCUT2D eigenvalue weighted by Crippen LogP contribution is 2.42. The number of fused-ring (bicyclic) bond motifs is 1. The van der Waals surface area contributed by atoms with Crippen LogP contribution in [0.15, 0.2) is 24.3 Å². The van der Waals surface area contributed by atoms with Gasteiger partial charge in [0.05, 0.1) is 12.1 Å². The van der Waals surface area contributed by atoms with Gasteiger partial charge in [-0.3, -0.25) is 10.2 Å². The summed E-state index contributed by atoms with van der Waals surface area (Å²) in [6.45, 7) is 9.64. The Bertz CT molecular complexity index is 1220. The molecule has 0 saturated heterocycles. The number of halogens is 5. The first-order valence-electron chi connectivity index (χ1n) is 11.1. The number of ketones is 1. The molecule has 0 aromatic heterocycles.